The van der Waals surface area contributed by atoms with E-state index in [2.05, 4.69) is 10.9 Å². The lowest BCUT2D eigenvalue weighted by Crippen LogP contribution is -2.44. The van der Waals surface area contributed by atoms with Gasteiger partial charge < -0.3 is 4.57 Å². The van der Waals surface area contributed by atoms with E-state index in [0.717, 1.165) is 11.1 Å². The molecular formula is C21H17Cl2N3O3. The van der Waals surface area contributed by atoms with Crippen molar-refractivity contribution in [2.45, 2.75) is 13.5 Å². The summed E-state index contributed by atoms with van der Waals surface area (Å²) < 4.78 is 1.37. The molecule has 0 saturated carbocycles. The Morgan fingerprint density at radius 1 is 0.931 bits per heavy atom. The molecular weight excluding hydrogens is 413 g/mol. The number of rotatable bonds is 4. The van der Waals surface area contributed by atoms with E-state index in [1.54, 1.807) is 48.7 Å². The number of nitrogens with one attached hydrogen (secondary N) is 2. The Balaban J connectivity index is 1.72. The van der Waals surface area contributed by atoms with Crippen LogP contribution in [-0.4, -0.2) is 16.4 Å². The molecule has 0 unspecified atom stereocenters. The van der Waals surface area contributed by atoms with Crippen molar-refractivity contribution in [3.8, 4) is 0 Å². The van der Waals surface area contributed by atoms with Gasteiger partial charge in [-0.2, -0.15) is 0 Å². The summed E-state index contributed by atoms with van der Waals surface area (Å²) in [6, 6.07) is 14.9. The molecule has 1 aromatic heterocycles. The molecule has 0 spiro atoms. The zero-order valence-corrected chi connectivity index (χ0v) is 16.9. The summed E-state index contributed by atoms with van der Waals surface area (Å²) in [5, 5.41) is 0.796. The van der Waals surface area contributed by atoms with Gasteiger partial charge in [-0.3, -0.25) is 25.2 Å². The largest absolute Gasteiger partial charge is 0.310 e. The lowest BCUT2D eigenvalue weighted by Gasteiger charge is -2.10. The summed E-state index contributed by atoms with van der Waals surface area (Å²) in [6.07, 6.45) is 1.56. The summed E-state index contributed by atoms with van der Waals surface area (Å²) in [5.41, 5.74) is 6.06. The van der Waals surface area contributed by atoms with Gasteiger partial charge in [0.25, 0.3) is 17.4 Å². The van der Waals surface area contributed by atoms with Gasteiger partial charge in [0.05, 0.1) is 16.6 Å². The molecule has 0 aliphatic heterocycles. The maximum Gasteiger partial charge on any atom is 0.275 e. The quantitative estimate of drug-likeness (QED) is 0.621. The normalized spacial score (nSPS) is 10.4. The van der Waals surface area contributed by atoms with Crippen LogP contribution in [0, 0.1) is 6.92 Å². The van der Waals surface area contributed by atoms with Crippen LogP contribution in [0.25, 0.3) is 0 Å². The molecule has 0 saturated heterocycles. The number of hydrogen-bond donors (Lipinski definition) is 2. The lowest BCUT2D eigenvalue weighted by molar-refractivity contribution is 0.0845. The van der Waals surface area contributed by atoms with E-state index in [4.69, 9.17) is 23.2 Å². The first-order valence-corrected chi connectivity index (χ1v) is 9.41. The molecule has 2 aromatic carbocycles. The lowest BCUT2D eigenvalue weighted by atomic mass is 10.1. The molecule has 6 nitrogen and oxygen atoms in total. The number of carbonyl (C=O) groups is 2. The molecule has 29 heavy (non-hydrogen) atoms. The molecule has 1 heterocycles. The Kier molecular flexibility index (Phi) is 6.36. The maximum absolute atomic E-state index is 12.7. The Hall–Kier alpha value is -3.09. The van der Waals surface area contributed by atoms with Crippen LogP contribution in [0.2, 0.25) is 10.0 Å². The first-order chi connectivity index (χ1) is 13.8. The molecule has 0 aliphatic carbocycles. The molecule has 148 valence electrons. The number of carbonyl (C=O) groups excluding carboxylic acids is 2. The number of hydrogen-bond acceptors (Lipinski definition) is 3. The van der Waals surface area contributed by atoms with E-state index in [0.29, 0.717) is 15.6 Å². The summed E-state index contributed by atoms with van der Waals surface area (Å²) >= 11 is 11.9. The molecule has 8 heteroatoms. The van der Waals surface area contributed by atoms with Gasteiger partial charge in [0.1, 0.15) is 5.56 Å². The molecule has 0 aliphatic rings. The average molecular weight is 430 g/mol. The van der Waals surface area contributed by atoms with Crippen molar-refractivity contribution in [1.29, 1.82) is 0 Å². The van der Waals surface area contributed by atoms with E-state index in [9.17, 15) is 14.4 Å². The summed E-state index contributed by atoms with van der Waals surface area (Å²) in [6.45, 7) is 2.07. The van der Waals surface area contributed by atoms with Gasteiger partial charge in [0.15, 0.2) is 0 Å². The maximum atomic E-state index is 12.7. The first-order valence-electron chi connectivity index (χ1n) is 8.66. The Bertz CT molecular complexity index is 1140. The highest BCUT2D eigenvalue weighted by atomic mass is 35.5. The van der Waals surface area contributed by atoms with Crippen LogP contribution in [-0.2, 0) is 6.54 Å². The predicted molar refractivity (Wildman–Crippen MR) is 112 cm³/mol. The molecule has 0 radical (unpaired) electrons. The van der Waals surface area contributed by atoms with Crippen LogP contribution < -0.4 is 16.4 Å². The third-order valence-electron chi connectivity index (χ3n) is 4.17. The second-order valence-corrected chi connectivity index (χ2v) is 7.20. The van der Waals surface area contributed by atoms with E-state index in [-0.39, 0.29) is 12.1 Å². The van der Waals surface area contributed by atoms with Gasteiger partial charge >= 0.3 is 0 Å². The SMILES string of the molecule is Cc1cccc(C(=O)NNC(=O)c2cccn(Cc3ccc(Cl)c(Cl)c3)c2=O)c1. The third kappa shape index (κ3) is 5.04. The molecule has 0 bridgehead atoms. The average Bonchev–Trinajstić information content (AvgIpc) is 2.70. The number of pyridine rings is 1. The third-order valence-corrected chi connectivity index (χ3v) is 4.91. The number of aryl methyl sites for hydroxylation is 1. The Morgan fingerprint density at radius 2 is 1.69 bits per heavy atom. The second-order valence-electron chi connectivity index (χ2n) is 6.38. The molecule has 3 rings (SSSR count). The van der Waals surface area contributed by atoms with E-state index >= 15 is 0 Å². The fourth-order valence-electron chi connectivity index (χ4n) is 2.71. The molecule has 3 aromatic rings. The Labute approximate surface area is 177 Å². The zero-order chi connectivity index (χ0) is 21.0. The fourth-order valence-corrected chi connectivity index (χ4v) is 3.03. The minimum atomic E-state index is -0.709. The summed E-state index contributed by atoms with van der Waals surface area (Å²) in [4.78, 5) is 37.2. The van der Waals surface area contributed by atoms with Gasteiger partial charge in [-0.1, -0.05) is 47.0 Å². The van der Waals surface area contributed by atoms with Crippen LogP contribution in [0.3, 0.4) is 0 Å². The van der Waals surface area contributed by atoms with Gasteiger partial charge in [-0.05, 0) is 48.9 Å². The van der Waals surface area contributed by atoms with Crippen LogP contribution in [0.4, 0.5) is 0 Å². The topological polar surface area (TPSA) is 80.2 Å². The number of nitrogens with zero attached hydrogens (tertiary/aromatic N) is 1. The van der Waals surface area contributed by atoms with Crippen molar-refractivity contribution >= 4 is 35.0 Å². The number of amides is 2. The van der Waals surface area contributed by atoms with E-state index < -0.39 is 17.4 Å². The van der Waals surface area contributed by atoms with Crippen molar-refractivity contribution in [3.63, 3.8) is 0 Å². The van der Waals surface area contributed by atoms with Gasteiger partial charge in [0, 0.05) is 11.8 Å². The standard InChI is InChI=1S/C21H17Cl2N3O3/c1-13-4-2-5-15(10-13)19(27)24-25-20(28)16-6-3-9-26(21(16)29)12-14-7-8-17(22)18(23)11-14/h2-11H,12H2,1H3,(H,24,27)(H,25,28). The minimum absolute atomic E-state index is 0.0999. The first kappa shape index (κ1) is 20.6. The monoisotopic (exact) mass is 429 g/mol. The van der Waals surface area contributed by atoms with Gasteiger partial charge in [-0.15, -0.1) is 0 Å². The van der Waals surface area contributed by atoms with Crippen molar-refractivity contribution in [3.05, 3.63) is 103 Å². The molecule has 2 N–H and O–H groups in total. The van der Waals surface area contributed by atoms with E-state index in [1.165, 1.54) is 10.6 Å². The second kappa shape index (κ2) is 8.94. The highest BCUT2D eigenvalue weighted by Gasteiger charge is 2.14. The number of hydrazine groups is 1. The zero-order valence-electron chi connectivity index (χ0n) is 15.4. The highest BCUT2D eigenvalue weighted by molar-refractivity contribution is 6.42. The number of benzene rings is 2. The van der Waals surface area contributed by atoms with Crippen LogP contribution in [0.5, 0.6) is 0 Å². The van der Waals surface area contributed by atoms with Crippen molar-refractivity contribution in [2.24, 2.45) is 0 Å². The minimum Gasteiger partial charge on any atom is -0.310 e. The van der Waals surface area contributed by atoms with Crippen LogP contribution in [0.15, 0.2) is 65.6 Å². The number of aromatic nitrogens is 1. The predicted octanol–water partition coefficient (Wildman–Crippen LogP) is 3.59. The molecule has 2 amide bonds. The van der Waals surface area contributed by atoms with Gasteiger partial charge in [-0.25, -0.2) is 0 Å². The van der Waals surface area contributed by atoms with Crippen molar-refractivity contribution < 1.29 is 9.59 Å². The van der Waals surface area contributed by atoms with Gasteiger partial charge in [0.2, 0.25) is 0 Å². The smallest absolute Gasteiger partial charge is 0.275 e. The summed E-state index contributed by atoms with van der Waals surface area (Å²) in [7, 11) is 0. The van der Waals surface area contributed by atoms with Crippen LogP contribution in [0.1, 0.15) is 31.8 Å². The van der Waals surface area contributed by atoms with Crippen molar-refractivity contribution in [1.82, 2.24) is 15.4 Å². The number of halogens is 2. The molecule has 0 fully saturated rings. The highest BCUT2D eigenvalue weighted by Crippen LogP contribution is 2.22. The summed E-state index contributed by atoms with van der Waals surface area (Å²) in [5.74, 6) is -1.19. The van der Waals surface area contributed by atoms with Crippen LogP contribution >= 0.6 is 23.2 Å². The fraction of sp³-hybridized carbons (Fsp3) is 0.0952. The molecule has 0 atom stereocenters. The van der Waals surface area contributed by atoms with E-state index in [1.807, 2.05) is 13.0 Å². The van der Waals surface area contributed by atoms with Crippen molar-refractivity contribution in [2.75, 3.05) is 0 Å². The Morgan fingerprint density at radius 3 is 2.41 bits per heavy atom.